The second-order valence-corrected chi connectivity index (χ2v) is 19.8. The summed E-state index contributed by atoms with van der Waals surface area (Å²) in [7, 11) is 0. The lowest BCUT2D eigenvalue weighted by molar-refractivity contribution is 0.447. The first-order valence-electron chi connectivity index (χ1n) is 25.1. The third kappa shape index (κ3) is 4.98. The van der Waals surface area contributed by atoms with Crippen molar-refractivity contribution >= 4 is 38.6 Å². The first-order valence-corrected chi connectivity index (χ1v) is 25.1. The van der Waals surface area contributed by atoms with Crippen LogP contribution in [0.4, 0.5) is 17.1 Å². The zero-order valence-corrected chi connectivity index (χ0v) is 39.2. The molecule has 4 aliphatic rings. The molecular weight excluding hydrogens is 871 g/mol. The Labute approximate surface area is 418 Å². The minimum absolute atomic E-state index is 0.465. The van der Waals surface area contributed by atoms with Gasteiger partial charge < -0.3 is 9.64 Å². The highest BCUT2D eigenvalue weighted by atomic mass is 16.5. The monoisotopic (exact) mass is 913 g/mol. The van der Waals surface area contributed by atoms with E-state index in [4.69, 9.17) is 4.74 Å². The Hall–Kier alpha value is -9.24. The molecule has 0 saturated heterocycles. The van der Waals surface area contributed by atoms with Crippen molar-refractivity contribution < 1.29 is 4.74 Å². The molecule has 0 unspecified atom stereocenters. The SMILES string of the molecule is c1ccc(N(c2ccccc2-c2ccc3c(c2)C2(c4ccccc4-3)c3ccc4ccccc4c3Oc3c2ccc2ccccc32)c2cccc3c2-c2ccccc2C32c3ccccc3-c3ccccc32)cc1. The third-order valence-corrected chi connectivity index (χ3v) is 16.5. The number of ether oxygens (including phenoxy) is 1. The molecule has 0 aromatic heterocycles. The number of hydrogen-bond acceptors (Lipinski definition) is 2. The molecule has 0 bridgehead atoms. The molecule has 1 aliphatic heterocycles. The van der Waals surface area contributed by atoms with E-state index in [1.807, 2.05) is 0 Å². The van der Waals surface area contributed by atoms with Crippen LogP contribution in [0.2, 0.25) is 0 Å². The summed E-state index contributed by atoms with van der Waals surface area (Å²) in [6, 6.07) is 97.1. The summed E-state index contributed by atoms with van der Waals surface area (Å²) in [5.74, 6) is 1.84. The number of hydrogen-bond donors (Lipinski definition) is 0. The lowest BCUT2D eigenvalue weighted by Gasteiger charge is -2.40. The van der Waals surface area contributed by atoms with Crippen LogP contribution in [0.5, 0.6) is 11.5 Å². The molecule has 0 N–H and O–H groups in total. The summed E-state index contributed by atoms with van der Waals surface area (Å²) >= 11 is 0. The maximum atomic E-state index is 7.31. The fourth-order valence-corrected chi connectivity index (χ4v) is 13.8. The van der Waals surface area contributed by atoms with E-state index < -0.39 is 10.8 Å². The van der Waals surface area contributed by atoms with Gasteiger partial charge in [-0.2, -0.15) is 0 Å². The molecule has 2 heteroatoms. The van der Waals surface area contributed by atoms with Gasteiger partial charge in [0, 0.05) is 38.7 Å². The maximum Gasteiger partial charge on any atom is 0.140 e. The standard InChI is InChI=1S/C70H43NO/c1-2-21-47(22-3-1)71(65-36-18-34-60-66(65)55-29-11-16-33-59(55)69(60)56-30-13-8-26-51(56)52-27-9-14-31-57(52)69)64-35-17-12-23-48(64)46-37-40-54-53-28-10-15-32-58(53)70(63(54)43-46)61-41-38-44-19-4-6-24-49(44)67(61)72-68-50-25-7-5-20-45(50)39-42-62(68)70/h1-43H. The van der Waals surface area contributed by atoms with Crippen molar-refractivity contribution in [1.82, 2.24) is 0 Å². The highest BCUT2D eigenvalue weighted by Gasteiger charge is 2.54. The van der Waals surface area contributed by atoms with Crippen LogP contribution >= 0.6 is 0 Å². The first-order chi connectivity index (χ1) is 35.7. The van der Waals surface area contributed by atoms with E-state index in [1.165, 1.54) is 66.8 Å². The number of para-hydroxylation sites is 2. The van der Waals surface area contributed by atoms with E-state index in [-0.39, 0.29) is 0 Å². The molecule has 12 aromatic carbocycles. The van der Waals surface area contributed by atoms with Gasteiger partial charge in [-0.25, -0.2) is 0 Å². The number of anilines is 3. The molecule has 0 radical (unpaired) electrons. The number of benzene rings is 12. The van der Waals surface area contributed by atoms with Gasteiger partial charge in [-0.15, -0.1) is 0 Å². The molecule has 1 heterocycles. The van der Waals surface area contributed by atoms with Gasteiger partial charge >= 0.3 is 0 Å². The van der Waals surface area contributed by atoms with E-state index in [1.54, 1.807) is 0 Å². The zero-order valence-electron chi connectivity index (χ0n) is 39.2. The van der Waals surface area contributed by atoms with Crippen LogP contribution in [0.15, 0.2) is 261 Å². The minimum atomic E-state index is -0.668. The molecule has 3 aliphatic carbocycles. The van der Waals surface area contributed by atoms with Crippen LogP contribution in [0, 0.1) is 0 Å². The van der Waals surface area contributed by atoms with Crippen molar-refractivity contribution in [2.24, 2.45) is 0 Å². The van der Waals surface area contributed by atoms with Crippen molar-refractivity contribution in [3.8, 4) is 56.0 Å². The van der Waals surface area contributed by atoms with Crippen molar-refractivity contribution in [2.75, 3.05) is 4.90 Å². The predicted octanol–water partition coefficient (Wildman–Crippen LogP) is 17.9. The molecule has 12 aromatic rings. The predicted molar refractivity (Wildman–Crippen MR) is 295 cm³/mol. The van der Waals surface area contributed by atoms with Gasteiger partial charge in [-0.3, -0.25) is 0 Å². The van der Waals surface area contributed by atoms with Crippen LogP contribution < -0.4 is 9.64 Å². The Morgan fingerprint density at radius 3 is 1.33 bits per heavy atom. The Morgan fingerprint density at radius 1 is 0.278 bits per heavy atom. The molecule has 0 atom stereocenters. The molecule has 0 amide bonds. The maximum absolute atomic E-state index is 7.31. The van der Waals surface area contributed by atoms with Gasteiger partial charge in [0.2, 0.25) is 0 Å². The first kappa shape index (κ1) is 39.6. The molecule has 2 nitrogen and oxygen atoms in total. The highest BCUT2D eigenvalue weighted by Crippen LogP contribution is 2.67. The molecule has 72 heavy (non-hydrogen) atoms. The smallest absolute Gasteiger partial charge is 0.140 e. The quantitative estimate of drug-likeness (QED) is 0.174. The van der Waals surface area contributed by atoms with E-state index in [2.05, 4.69) is 266 Å². The van der Waals surface area contributed by atoms with Gasteiger partial charge in [0.1, 0.15) is 11.5 Å². The normalized spacial score (nSPS) is 14.2. The summed E-state index contributed by atoms with van der Waals surface area (Å²) in [6.45, 7) is 0. The molecule has 0 saturated carbocycles. The average molecular weight is 914 g/mol. The van der Waals surface area contributed by atoms with E-state index >= 15 is 0 Å². The van der Waals surface area contributed by atoms with Gasteiger partial charge in [0.05, 0.1) is 22.2 Å². The van der Waals surface area contributed by atoms with Gasteiger partial charge in [0.25, 0.3) is 0 Å². The summed E-state index contributed by atoms with van der Waals surface area (Å²) in [5, 5.41) is 4.55. The zero-order chi connectivity index (χ0) is 47.1. The van der Waals surface area contributed by atoms with Gasteiger partial charge in [0.15, 0.2) is 0 Å². The minimum Gasteiger partial charge on any atom is -0.455 e. The summed E-state index contributed by atoms with van der Waals surface area (Å²) in [6.07, 6.45) is 0. The van der Waals surface area contributed by atoms with Crippen LogP contribution in [0.1, 0.15) is 44.5 Å². The van der Waals surface area contributed by atoms with Crippen LogP contribution in [0.25, 0.3) is 66.1 Å². The average Bonchev–Trinajstić information content (AvgIpc) is 4.04. The number of rotatable bonds is 4. The highest BCUT2D eigenvalue weighted by molar-refractivity contribution is 6.04. The third-order valence-electron chi connectivity index (χ3n) is 16.5. The van der Waals surface area contributed by atoms with Crippen molar-refractivity contribution in [2.45, 2.75) is 10.8 Å². The second-order valence-electron chi connectivity index (χ2n) is 19.8. The fourth-order valence-electron chi connectivity index (χ4n) is 13.8. The topological polar surface area (TPSA) is 12.5 Å². The van der Waals surface area contributed by atoms with Gasteiger partial charge in [-0.1, -0.05) is 231 Å². The Morgan fingerprint density at radius 2 is 0.722 bits per heavy atom. The molecule has 16 rings (SSSR count). The Bertz CT molecular complexity index is 4150. The van der Waals surface area contributed by atoms with Gasteiger partial charge in [-0.05, 0) is 108 Å². The van der Waals surface area contributed by atoms with E-state index in [0.717, 1.165) is 72.4 Å². The molecular formula is C70H43NO. The fraction of sp³-hybridized carbons (Fsp3) is 0.0286. The number of nitrogens with zero attached hydrogens (tertiary/aromatic N) is 1. The van der Waals surface area contributed by atoms with E-state index in [9.17, 15) is 0 Å². The Kier molecular flexibility index (Phi) is 8.05. The van der Waals surface area contributed by atoms with Crippen LogP contribution in [0.3, 0.4) is 0 Å². The van der Waals surface area contributed by atoms with Crippen molar-refractivity contribution in [3.05, 3.63) is 305 Å². The summed E-state index contributed by atoms with van der Waals surface area (Å²) < 4.78 is 7.31. The number of fused-ring (bicyclic) bond motifs is 23. The second kappa shape index (κ2) is 14.6. The summed E-state index contributed by atoms with van der Waals surface area (Å²) in [4.78, 5) is 2.52. The van der Waals surface area contributed by atoms with E-state index in [0.29, 0.717) is 0 Å². The largest absolute Gasteiger partial charge is 0.455 e. The Balaban J connectivity index is 0.960. The van der Waals surface area contributed by atoms with Crippen molar-refractivity contribution in [1.29, 1.82) is 0 Å². The lowest BCUT2D eigenvalue weighted by Crippen LogP contribution is -2.32. The van der Waals surface area contributed by atoms with Crippen LogP contribution in [-0.4, -0.2) is 0 Å². The summed E-state index contributed by atoms with van der Waals surface area (Å²) in [5.41, 5.74) is 22.3. The molecule has 334 valence electrons. The molecule has 0 fully saturated rings. The molecule has 2 spiro atoms. The lowest BCUT2D eigenvalue weighted by atomic mass is 9.65. The van der Waals surface area contributed by atoms with Crippen molar-refractivity contribution in [3.63, 3.8) is 0 Å². The van der Waals surface area contributed by atoms with Crippen LogP contribution in [-0.2, 0) is 10.8 Å².